The molecular formula is C10H9ClFN5. The molecule has 1 rings (SSSR count). The van der Waals surface area contributed by atoms with Crippen molar-refractivity contribution in [3.8, 4) is 12.1 Å². The van der Waals surface area contributed by atoms with Crippen molar-refractivity contribution in [1.29, 1.82) is 10.5 Å². The molecule has 1 aromatic carbocycles. The van der Waals surface area contributed by atoms with Crippen LogP contribution >= 0.6 is 11.6 Å². The van der Waals surface area contributed by atoms with Gasteiger partial charge in [0.1, 0.15) is 18.1 Å². The number of nitrogens with two attached hydrogens (primary N) is 2. The number of nitrogen functional groups attached to an aromatic ring is 2. The Morgan fingerprint density at radius 1 is 1.24 bits per heavy atom. The van der Waals surface area contributed by atoms with Crippen LogP contribution in [-0.4, -0.2) is 13.1 Å². The number of benzene rings is 1. The van der Waals surface area contributed by atoms with Crippen LogP contribution in [0.3, 0.4) is 0 Å². The first-order valence-corrected chi connectivity index (χ1v) is 4.92. The zero-order valence-corrected chi connectivity index (χ0v) is 9.50. The number of hydrogen-bond donors (Lipinski definition) is 2. The Kier molecular flexibility index (Phi) is 3.97. The quantitative estimate of drug-likeness (QED) is 0.628. The van der Waals surface area contributed by atoms with Gasteiger partial charge in [0.15, 0.2) is 5.82 Å². The average molecular weight is 254 g/mol. The molecule has 0 bridgehead atoms. The van der Waals surface area contributed by atoms with Crippen LogP contribution in [0.1, 0.15) is 0 Å². The topological polar surface area (TPSA) is 103 Å². The first-order chi connectivity index (χ1) is 8.02. The average Bonchev–Trinajstić information content (AvgIpc) is 2.27. The van der Waals surface area contributed by atoms with Gasteiger partial charge in [0.05, 0.1) is 29.2 Å². The Balaban J connectivity index is 3.34. The van der Waals surface area contributed by atoms with Crippen molar-refractivity contribution in [3.63, 3.8) is 0 Å². The van der Waals surface area contributed by atoms with Gasteiger partial charge >= 0.3 is 0 Å². The van der Waals surface area contributed by atoms with Crippen molar-refractivity contribution in [2.45, 2.75) is 0 Å². The maximum atomic E-state index is 13.9. The summed E-state index contributed by atoms with van der Waals surface area (Å²) in [5.74, 6) is -0.824. The molecule has 0 heterocycles. The summed E-state index contributed by atoms with van der Waals surface area (Å²) in [7, 11) is 0. The van der Waals surface area contributed by atoms with Crippen LogP contribution in [0.2, 0.25) is 5.02 Å². The van der Waals surface area contributed by atoms with Crippen LogP contribution in [0, 0.1) is 28.5 Å². The van der Waals surface area contributed by atoms with Gasteiger partial charge in [-0.3, -0.25) is 0 Å². The molecule has 0 fully saturated rings. The lowest BCUT2D eigenvalue weighted by Crippen LogP contribution is -2.26. The minimum Gasteiger partial charge on any atom is -0.397 e. The second-order valence-corrected chi connectivity index (χ2v) is 3.58. The fraction of sp³-hybridized carbons (Fsp3) is 0.200. The number of rotatable bonds is 3. The van der Waals surface area contributed by atoms with Gasteiger partial charge in [-0.15, -0.1) is 0 Å². The van der Waals surface area contributed by atoms with Crippen molar-refractivity contribution in [3.05, 3.63) is 16.9 Å². The highest BCUT2D eigenvalue weighted by Crippen LogP contribution is 2.35. The summed E-state index contributed by atoms with van der Waals surface area (Å²) < 4.78 is 13.9. The minimum atomic E-state index is -0.824. The zero-order valence-electron chi connectivity index (χ0n) is 8.74. The fourth-order valence-electron chi connectivity index (χ4n) is 1.36. The molecule has 0 spiro atoms. The van der Waals surface area contributed by atoms with E-state index in [4.69, 9.17) is 33.6 Å². The molecule has 0 amide bonds. The largest absolute Gasteiger partial charge is 0.397 e. The third kappa shape index (κ3) is 2.49. The zero-order chi connectivity index (χ0) is 13.0. The van der Waals surface area contributed by atoms with Gasteiger partial charge < -0.3 is 16.4 Å². The summed E-state index contributed by atoms with van der Waals surface area (Å²) in [6.45, 7) is -0.343. The molecule has 0 radical (unpaired) electrons. The molecule has 88 valence electrons. The third-order valence-electron chi connectivity index (χ3n) is 2.08. The smallest absolute Gasteiger partial charge is 0.169 e. The lowest BCUT2D eigenvalue weighted by atomic mass is 10.2. The van der Waals surface area contributed by atoms with Gasteiger partial charge in [-0.1, -0.05) is 11.6 Å². The third-order valence-corrected chi connectivity index (χ3v) is 2.46. The molecule has 0 aliphatic carbocycles. The summed E-state index contributed by atoms with van der Waals surface area (Å²) in [5.41, 5.74) is 11.0. The van der Waals surface area contributed by atoms with Gasteiger partial charge in [0.25, 0.3) is 0 Å². The van der Waals surface area contributed by atoms with E-state index >= 15 is 0 Å². The molecule has 0 saturated carbocycles. The number of nitrogens with zero attached hydrogens (tertiary/aromatic N) is 3. The number of anilines is 3. The predicted octanol–water partition coefficient (Wildman–Crippen LogP) is 1.50. The highest BCUT2D eigenvalue weighted by molar-refractivity contribution is 6.33. The predicted molar refractivity (Wildman–Crippen MR) is 63.7 cm³/mol. The molecule has 0 aliphatic heterocycles. The summed E-state index contributed by atoms with van der Waals surface area (Å²) in [5, 5.41) is 16.9. The van der Waals surface area contributed by atoms with Crippen molar-refractivity contribution in [1.82, 2.24) is 0 Å². The van der Waals surface area contributed by atoms with E-state index in [1.54, 1.807) is 0 Å². The van der Waals surface area contributed by atoms with E-state index in [2.05, 4.69) is 0 Å². The number of halogens is 2. The van der Waals surface area contributed by atoms with E-state index in [0.29, 0.717) is 0 Å². The van der Waals surface area contributed by atoms with Crippen LogP contribution in [0.4, 0.5) is 21.5 Å². The normalized spacial score (nSPS) is 9.41. The first-order valence-electron chi connectivity index (χ1n) is 4.54. The van der Waals surface area contributed by atoms with E-state index in [9.17, 15) is 4.39 Å². The number of hydrogen-bond acceptors (Lipinski definition) is 5. The van der Waals surface area contributed by atoms with Crippen LogP contribution in [0.15, 0.2) is 6.07 Å². The standard InChI is InChI=1S/C10H9ClFN5/c11-8-6(15)5-7(16)10(9(8)12)17(3-1-13)4-2-14/h5H,3-4,15-16H2. The minimum absolute atomic E-state index is 0.0132. The number of nitriles is 2. The summed E-state index contributed by atoms with van der Waals surface area (Å²) >= 11 is 5.65. The second-order valence-electron chi connectivity index (χ2n) is 3.20. The highest BCUT2D eigenvalue weighted by Gasteiger charge is 2.19. The van der Waals surface area contributed by atoms with E-state index in [0.717, 1.165) is 0 Å². The molecule has 0 aliphatic rings. The maximum Gasteiger partial charge on any atom is 0.169 e. The molecule has 0 atom stereocenters. The van der Waals surface area contributed by atoms with Crippen LogP contribution in [0.25, 0.3) is 0 Å². The summed E-state index contributed by atoms with van der Waals surface area (Å²) in [4.78, 5) is 1.19. The second kappa shape index (κ2) is 5.24. The van der Waals surface area contributed by atoms with Gasteiger partial charge in [0.2, 0.25) is 0 Å². The van der Waals surface area contributed by atoms with E-state index in [1.165, 1.54) is 11.0 Å². The Bertz CT molecular complexity index is 501. The van der Waals surface area contributed by atoms with Crippen LogP contribution < -0.4 is 16.4 Å². The van der Waals surface area contributed by atoms with Crippen molar-refractivity contribution >= 4 is 28.7 Å². The van der Waals surface area contributed by atoms with Crippen LogP contribution in [0.5, 0.6) is 0 Å². The molecule has 1 aromatic rings. The van der Waals surface area contributed by atoms with Gasteiger partial charge in [-0.05, 0) is 6.07 Å². The highest BCUT2D eigenvalue weighted by atomic mass is 35.5. The molecular weight excluding hydrogens is 245 g/mol. The summed E-state index contributed by atoms with van der Waals surface area (Å²) in [6.07, 6.45) is 0. The molecule has 7 heteroatoms. The maximum absolute atomic E-state index is 13.9. The lowest BCUT2D eigenvalue weighted by Gasteiger charge is -2.21. The Hall–Kier alpha value is -2.18. The molecule has 0 saturated heterocycles. The molecule has 0 unspecified atom stereocenters. The van der Waals surface area contributed by atoms with Crippen molar-refractivity contribution in [2.75, 3.05) is 29.5 Å². The van der Waals surface area contributed by atoms with E-state index in [-0.39, 0.29) is 35.2 Å². The molecule has 0 aromatic heterocycles. The fourth-order valence-corrected chi connectivity index (χ4v) is 1.51. The van der Waals surface area contributed by atoms with Crippen molar-refractivity contribution < 1.29 is 4.39 Å². The summed E-state index contributed by atoms with van der Waals surface area (Å²) in [6, 6.07) is 4.93. The van der Waals surface area contributed by atoms with Gasteiger partial charge in [0, 0.05) is 0 Å². The molecule has 5 nitrogen and oxygen atoms in total. The lowest BCUT2D eigenvalue weighted by molar-refractivity contribution is 0.625. The van der Waals surface area contributed by atoms with Crippen molar-refractivity contribution in [2.24, 2.45) is 0 Å². The van der Waals surface area contributed by atoms with Gasteiger partial charge in [-0.25, -0.2) is 4.39 Å². The molecule has 4 N–H and O–H groups in total. The first kappa shape index (κ1) is 12.9. The van der Waals surface area contributed by atoms with E-state index in [1.807, 2.05) is 12.1 Å². The van der Waals surface area contributed by atoms with Crippen LogP contribution in [-0.2, 0) is 0 Å². The molecule has 17 heavy (non-hydrogen) atoms. The Morgan fingerprint density at radius 3 is 2.24 bits per heavy atom. The van der Waals surface area contributed by atoms with E-state index < -0.39 is 5.82 Å². The SMILES string of the molecule is N#CCN(CC#N)c1c(N)cc(N)c(Cl)c1F. The Morgan fingerprint density at radius 2 is 1.76 bits per heavy atom. The monoisotopic (exact) mass is 253 g/mol. The Labute approximate surface area is 103 Å². The van der Waals surface area contributed by atoms with Gasteiger partial charge in [-0.2, -0.15) is 10.5 Å².